The van der Waals surface area contributed by atoms with Crippen molar-refractivity contribution in [1.82, 2.24) is 14.2 Å². The second-order valence-electron chi connectivity index (χ2n) is 7.79. The average molecular weight is 527 g/mol. The molecule has 1 atom stereocenters. The van der Waals surface area contributed by atoms with E-state index >= 15 is 0 Å². The van der Waals surface area contributed by atoms with Crippen molar-refractivity contribution in [3.05, 3.63) is 16.9 Å². The van der Waals surface area contributed by atoms with Crippen LogP contribution in [-0.2, 0) is 4.79 Å². The first-order valence-electron chi connectivity index (χ1n) is 10.4. The lowest BCUT2D eigenvalue weighted by molar-refractivity contribution is -0.118. The van der Waals surface area contributed by atoms with Gasteiger partial charge in [-0.15, -0.1) is 10.2 Å². The molecule has 2 N–H and O–H groups in total. The number of halogens is 2. The van der Waals surface area contributed by atoms with Gasteiger partial charge in [-0.3, -0.25) is 14.8 Å². The summed E-state index contributed by atoms with van der Waals surface area (Å²) in [7, 11) is 0. The third-order valence-electron chi connectivity index (χ3n) is 5.45. The van der Waals surface area contributed by atoms with E-state index in [9.17, 15) is 18.8 Å². The van der Waals surface area contributed by atoms with Crippen molar-refractivity contribution in [3.63, 3.8) is 0 Å². The highest BCUT2D eigenvalue weighted by atomic mass is 32.2. The highest BCUT2D eigenvalue weighted by Gasteiger charge is 2.25. The minimum absolute atomic E-state index is 0.0525. The van der Waals surface area contributed by atoms with Crippen LogP contribution in [0.3, 0.4) is 0 Å². The Hall–Kier alpha value is -2.34. The van der Waals surface area contributed by atoms with Crippen LogP contribution in [0.2, 0.25) is 0 Å². The topological polar surface area (TPSA) is 113 Å². The molecule has 2 aliphatic rings. The van der Waals surface area contributed by atoms with Crippen LogP contribution in [0.5, 0.6) is 0 Å². The fourth-order valence-electron chi connectivity index (χ4n) is 3.08. The zero-order valence-corrected chi connectivity index (χ0v) is 21.1. The third-order valence-corrected chi connectivity index (χ3v) is 7.84. The molecule has 14 heteroatoms. The molecule has 0 bridgehead atoms. The minimum atomic E-state index is -2.71. The van der Waals surface area contributed by atoms with Gasteiger partial charge in [0.25, 0.3) is 6.43 Å². The molecule has 2 aliphatic heterocycles. The number of anilines is 1. The molecule has 3 heterocycles. The van der Waals surface area contributed by atoms with E-state index in [0.29, 0.717) is 47.8 Å². The van der Waals surface area contributed by atoms with E-state index in [1.807, 2.05) is 17.9 Å². The summed E-state index contributed by atoms with van der Waals surface area (Å²) < 4.78 is 30.8. The molecule has 0 saturated carbocycles. The smallest absolute Gasteiger partial charge is 0.288 e. The van der Waals surface area contributed by atoms with Crippen LogP contribution in [0.15, 0.2) is 27.4 Å². The number of nitriles is 1. The molecule has 0 aliphatic carbocycles. The SMILES string of the molecule is CCC(C)(C#N)NSc1cc(N2CCN(C=O)CC2)c(=S)n(C(=N)C2=NN=C(C(F)F)SC2)c1. The first kappa shape index (κ1) is 26.3. The summed E-state index contributed by atoms with van der Waals surface area (Å²) >= 11 is 7.80. The number of thioether (sulfide) groups is 1. The molecule has 34 heavy (non-hydrogen) atoms. The van der Waals surface area contributed by atoms with E-state index < -0.39 is 12.0 Å². The van der Waals surface area contributed by atoms with Crippen LogP contribution >= 0.6 is 35.9 Å². The molecule has 182 valence electrons. The molecular formula is C20H24F2N8OS3. The van der Waals surface area contributed by atoms with Gasteiger partial charge in [0.05, 0.1) is 11.8 Å². The Morgan fingerprint density at radius 2 is 2.15 bits per heavy atom. The van der Waals surface area contributed by atoms with Gasteiger partial charge in [0.1, 0.15) is 15.9 Å². The van der Waals surface area contributed by atoms with Crippen molar-refractivity contribution in [2.45, 2.75) is 37.1 Å². The molecule has 1 fully saturated rings. The maximum Gasteiger partial charge on any atom is 0.288 e. The number of hydrogen-bond acceptors (Lipinski definition) is 10. The number of rotatable bonds is 8. The second-order valence-corrected chi connectivity index (χ2v) is 10.1. The molecule has 0 aromatic carbocycles. The Morgan fingerprint density at radius 3 is 2.68 bits per heavy atom. The van der Waals surface area contributed by atoms with Crippen LogP contribution in [-0.4, -0.2) is 76.4 Å². The molecule has 0 spiro atoms. The lowest BCUT2D eigenvalue weighted by atomic mass is 10.0. The number of piperazine rings is 1. The van der Waals surface area contributed by atoms with Crippen LogP contribution in [0.1, 0.15) is 20.3 Å². The molecule has 9 nitrogen and oxygen atoms in total. The van der Waals surface area contributed by atoms with E-state index in [1.54, 1.807) is 18.0 Å². The summed E-state index contributed by atoms with van der Waals surface area (Å²) in [4.78, 5) is 15.5. The number of hydrogen-bond donors (Lipinski definition) is 2. The predicted octanol–water partition coefficient (Wildman–Crippen LogP) is 3.38. The van der Waals surface area contributed by atoms with Gasteiger partial charge in [-0.25, -0.2) is 13.5 Å². The highest BCUT2D eigenvalue weighted by molar-refractivity contribution is 8.14. The summed E-state index contributed by atoms with van der Waals surface area (Å²) in [5.74, 6) is 0.0260. The maximum atomic E-state index is 12.9. The van der Waals surface area contributed by atoms with Crippen molar-refractivity contribution < 1.29 is 13.6 Å². The number of aromatic nitrogens is 1. The van der Waals surface area contributed by atoms with Gasteiger partial charge in [0.15, 0.2) is 10.9 Å². The lowest BCUT2D eigenvalue weighted by Crippen LogP contribution is -2.46. The molecular weight excluding hydrogens is 502 g/mol. The van der Waals surface area contributed by atoms with Gasteiger partial charge in [-0.1, -0.05) is 30.9 Å². The number of carbonyl (C=O) groups excluding carboxylic acids is 1. The zero-order valence-electron chi connectivity index (χ0n) is 18.6. The molecule has 1 aromatic heterocycles. The summed E-state index contributed by atoms with van der Waals surface area (Å²) in [6, 6.07) is 4.14. The molecule has 1 amide bonds. The van der Waals surface area contributed by atoms with Crippen LogP contribution in [0.4, 0.5) is 14.5 Å². The fraction of sp³-hybridized carbons (Fsp3) is 0.500. The minimum Gasteiger partial charge on any atom is -0.366 e. The maximum absolute atomic E-state index is 12.9. The quantitative estimate of drug-likeness (QED) is 0.176. The number of pyridine rings is 1. The molecule has 1 unspecified atom stereocenters. The molecule has 1 aromatic rings. The second kappa shape index (κ2) is 11.4. The van der Waals surface area contributed by atoms with Crippen LogP contribution in [0, 0.1) is 21.4 Å². The normalized spacial score (nSPS) is 18.1. The van der Waals surface area contributed by atoms with Gasteiger partial charge >= 0.3 is 0 Å². The average Bonchev–Trinajstić information content (AvgIpc) is 2.87. The monoisotopic (exact) mass is 526 g/mol. The Labute approximate surface area is 209 Å². The van der Waals surface area contributed by atoms with Gasteiger partial charge < -0.3 is 9.80 Å². The Balaban J connectivity index is 1.97. The standard InChI is InChI=1S/C20H24F2N8OS3/c1-3-20(2,11-23)27-34-13-8-15(29-6-4-28(12-31)5-7-29)19(32)30(9-13)17(24)14-10-33-18(16(21)22)26-25-14/h8-9,12,16,24,27H,3-7,10H2,1-2H3. The van der Waals surface area contributed by atoms with E-state index in [2.05, 4.69) is 21.0 Å². The zero-order chi connectivity index (χ0) is 24.9. The number of alkyl halides is 2. The van der Waals surface area contributed by atoms with Crippen molar-refractivity contribution in [3.8, 4) is 6.07 Å². The number of nitrogens with zero attached hydrogens (tertiary/aromatic N) is 6. The lowest BCUT2D eigenvalue weighted by Gasteiger charge is -2.34. The van der Waals surface area contributed by atoms with Crippen molar-refractivity contribution >= 4 is 64.6 Å². The number of nitrogens with one attached hydrogen (secondary N) is 2. The Bertz CT molecular complexity index is 1110. The number of amides is 1. The van der Waals surface area contributed by atoms with Gasteiger partial charge in [-0.2, -0.15) is 5.26 Å². The van der Waals surface area contributed by atoms with Crippen LogP contribution in [0.25, 0.3) is 0 Å². The number of carbonyl (C=O) groups is 1. The molecule has 3 rings (SSSR count). The summed E-state index contributed by atoms with van der Waals surface area (Å²) in [6.45, 7) is 5.93. The predicted molar refractivity (Wildman–Crippen MR) is 135 cm³/mol. The largest absolute Gasteiger partial charge is 0.366 e. The summed E-state index contributed by atoms with van der Waals surface area (Å²) in [6.07, 6.45) is 0.367. The summed E-state index contributed by atoms with van der Waals surface area (Å²) in [5.41, 5.74) is 0.177. The summed E-state index contributed by atoms with van der Waals surface area (Å²) in [5, 5.41) is 25.2. The Kier molecular flexibility index (Phi) is 8.80. The first-order valence-corrected chi connectivity index (χ1v) is 12.6. The Morgan fingerprint density at radius 1 is 1.44 bits per heavy atom. The van der Waals surface area contributed by atoms with E-state index in [4.69, 9.17) is 17.6 Å². The molecule has 0 radical (unpaired) electrons. The van der Waals surface area contributed by atoms with Crippen LogP contribution < -0.4 is 9.62 Å². The van der Waals surface area contributed by atoms with Crippen molar-refractivity contribution in [2.75, 3.05) is 36.8 Å². The van der Waals surface area contributed by atoms with Crippen molar-refractivity contribution in [2.24, 2.45) is 10.2 Å². The van der Waals surface area contributed by atoms with Gasteiger partial charge in [0.2, 0.25) is 6.41 Å². The first-order chi connectivity index (χ1) is 16.2. The van der Waals surface area contributed by atoms with E-state index in [-0.39, 0.29) is 22.3 Å². The fourth-order valence-corrected chi connectivity index (χ4v) is 4.97. The highest BCUT2D eigenvalue weighted by Crippen LogP contribution is 2.28. The van der Waals surface area contributed by atoms with Gasteiger partial charge in [0, 0.05) is 43.0 Å². The van der Waals surface area contributed by atoms with Gasteiger partial charge in [-0.05, 0) is 31.4 Å². The van der Waals surface area contributed by atoms with Crippen molar-refractivity contribution in [1.29, 1.82) is 10.7 Å². The molecule has 1 saturated heterocycles. The van der Waals surface area contributed by atoms with E-state index in [0.717, 1.165) is 18.2 Å². The third kappa shape index (κ3) is 6.01. The van der Waals surface area contributed by atoms with E-state index in [1.165, 1.54) is 16.5 Å².